The van der Waals surface area contributed by atoms with Crippen molar-refractivity contribution in [3.05, 3.63) is 30.1 Å². The number of hydrogen-bond acceptors (Lipinski definition) is 2. The van der Waals surface area contributed by atoms with E-state index in [2.05, 4.69) is 4.98 Å². The number of hydrogen-bond donors (Lipinski definition) is 1. The van der Waals surface area contributed by atoms with Gasteiger partial charge in [-0.25, -0.2) is 9.66 Å². The first-order chi connectivity index (χ1) is 6.50. The van der Waals surface area contributed by atoms with Gasteiger partial charge in [0.15, 0.2) is 5.82 Å². The fourth-order valence-electron chi connectivity index (χ4n) is 1.35. The van der Waals surface area contributed by atoms with Crippen molar-refractivity contribution in [2.45, 2.75) is 12.8 Å². The lowest BCUT2D eigenvalue weighted by Gasteiger charge is -2.08. The third kappa shape index (κ3) is 1.21. The van der Waals surface area contributed by atoms with E-state index in [-0.39, 0.29) is 0 Å². The topological polar surface area (TPSA) is 43.8 Å². The maximum atomic E-state index is 13.0. The first kappa shape index (κ1) is 8.93. The van der Waals surface area contributed by atoms with Crippen LogP contribution in [0.25, 0.3) is 11.0 Å². The second kappa shape index (κ2) is 2.67. The molecule has 1 heterocycles. The van der Waals surface area contributed by atoms with Crippen LogP contribution in [0.3, 0.4) is 0 Å². The van der Waals surface area contributed by atoms with Crippen LogP contribution in [0.5, 0.6) is 0 Å². The van der Waals surface area contributed by atoms with Crippen molar-refractivity contribution in [2.75, 3.05) is 5.84 Å². The van der Waals surface area contributed by atoms with Crippen LogP contribution in [0.15, 0.2) is 24.3 Å². The summed E-state index contributed by atoms with van der Waals surface area (Å²) in [6.07, 6.45) is 0. The molecule has 2 rings (SSSR count). The van der Waals surface area contributed by atoms with Crippen LogP contribution in [-0.2, 0) is 5.92 Å². The van der Waals surface area contributed by atoms with Gasteiger partial charge in [-0.3, -0.25) is 0 Å². The molecule has 2 aromatic rings. The van der Waals surface area contributed by atoms with Gasteiger partial charge < -0.3 is 5.84 Å². The number of aromatic nitrogens is 2. The predicted octanol–water partition coefficient (Wildman–Crippen LogP) is 1.86. The zero-order chi connectivity index (χ0) is 10.3. The van der Waals surface area contributed by atoms with Crippen molar-refractivity contribution in [3.63, 3.8) is 0 Å². The Kier molecular flexibility index (Phi) is 1.70. The molecule has 3 nitrogen and oxygen atoms in total. The molecule has 0 fully saturated rings. The van der Waals surface area contributed by atoms with Crippen LogP contribution in [0.2, 0.25) is 0 Å². The van der Waals surface area contributed by atoms with Gasteiger partial charge in [0.1, 0.15) is 0 Å². The highest BCUT2D eigenvalue weighted by Crippen LogP contribution is 2.27. The first-order valence-corrected chi connectivity index (χ1v) is 4.11. The molecular weight excluding hydrogens is 188 g/mol. The monoisotopic (exact) mass is 197 g/mol. The Balaban J connectivity index is 2.75. The van der Waals surface area contributed by atoms with Crippen molar-refractivity contribution in [3.8, 4) is 0 Å². The molecule has 0 aliphatic carbocycles. The molecular formula is C9H9F2N3. The molecule has 0 aliphatic rings. The SMILES string of the molecule is CC(F)(F)c1nc2ccccc2n1N. The average Bonchev–Trinajstić information content (AvgIpc) is 2.44. The zero-order valence-corrected chi connectivity index (χ0v) is 7.54. The summed E-state index contributed by atoms with van der Waals surface area (Å²) in [5.74, 6) is 2.06. The summed E-state index contributed by atoms with van der Waals surface area (Å²) in [6, 6.07) is 6.75. The average molecular weight is 197 g/mol. The number of imidazole rings is 1. The predicted molar refractivity (Wildman–Crippen MR) is 49.5 cm³/mol. The van der Waals surface area contributed by atoms with Gasteiger partial charge in [-0.2, -0.15) is 8.78 Å². The number of fused-ring (bicyclic) bond motifs is 1. The summed E-state index contributed by atoms with van der Waals surface area (Å²) < 4.78 is 26.9. The van der Waals surface area contributed by atoms with E-state index in [4.69, 9.17) is 5.84 Å². The number of nitrogens with zero attached hydrogens (tertiary/aromatic N) is 2. The molecule has 0 bridgehead atoms. The minimum Gasteiger partial charge on any atom is -0.337 e. The van der Waals surface area contributed by atoms with Gasteiger partial charge in [0.2, 0.25) is 0 Å². The van der Waals surface area contributed by atoms with Crippen LogP contribution in [0.1, 0.15) is 12.7 Å². The molecule has 1 aromatic carbocycles. The molecule has 0 unspecified atom stereocenters. The second-order valence-corrected chi connectivity index (χ2v) is 3.18. The van der Waals surface area contributed by atoms with E-state index >= 15 is 0 Å². The number of benzene rings is 1. The smallest absolute Gasteiger partial charge is 0.303 e. The molecule has 0 atom stereocenters. The molecule has 0 amide bonds. The minimum absolute atomic E-state index is 0.418. The Morgan fingerprint density at radius 2 is 2.00 bits per heavy atom. The normalized spacial score (nSPS) is 12.2. The van der Waals surface area contributed by atoms with Gasteiger partial charge in [0, 0.05) is 6.92 Å². The fraction of sp³-hybridized carbons (Fsp3) is 0.222. The largest absolute Gasteiger partial charge is 0.337 e. The van der Waals surface area contributed by atoms with E-state index in [9.17, 15) is 8.78 Å². The third-order valence-corrected chi connectivity index (χ3v) is 1.99. The van der Waals surface area contributed by atoms with Crippen LogP contribution >= 0.6 is 0 Å². The van der Waals surface area contributed by atoms with E-state index in [1.807, 2.05) is 0 Å². The number of para-hydroxylation sites is 2. The molecule has 5 heteroatoms. The Bertz CT molecular complexity index is 470. The van der Waals surface area contributed by atoms with E-state index < -0.39 is 11.7 Å². The minimum atomic E-state index is -3.02. The molecule has 0 saturated heterocycles. The maximum Gasteiger partial charge on any atom is 0.303 e. The van der Waals surface area contributed by atoms with Crippen molar-refractivity contribution in [1.29, 1.82) is 0 Å². The van der Waals surface area contributed by atoms with Gasteiger partial charge in [-0.1, -0.05) is 12.1 Å². The maximum absolute atomic E-state index is 13.0. The Morgan fingerprint density at radius 3 is 2.57 bits per heavy atom. The van der Waals surface area contributed by atoms with Crippen molar-refractivity contribution in [1.82, 2.24) is 9.66 Å². The number of alkyl halides is 2. The number of rotatable bonds is 1. The Morgan fingerprint density at radius 1 is 1.36 bits per heavy atom. The summed E-state index contributed by atoms with van der Waals surface area (Å²) in [6.45, 7) is 0.775. The third-order valence-electron chi connectivity index (χ3n) is 1.99. The first-order valence-electron chi connectivity index (χ1n) is 4.11. The van der Waals surface area contributed by atoms with E-state index in [1.165, 1.54) is 0 Å². The molecule has 0 radical (unpaired) electrons. The van der Waals surface area contributed by atoms with Crippen molar-refractivity contribution < 1.29 is 8.78 Å². The quantitative estimate of drug-likeness (QED) is 0.709. The summed E-state index contributed by atoms with van der Waals surface area (Å²) in [5, 5.41) is 0. The molecule has 2 N–H and O–H groups in total. The van der Waals surface area contributed by atoms with Crippen LogP contribution in [0, 0.1) is 0 Å². The number of halogens is 2. The highest BCUT2D eigenvalue weighted by Gasteiger charge is 2.31. The number of nitrogen functional groups attached to an aromatic ring is 1. The van der Waals surface area contributed by atoms with Crippen molar-refractivity contribution in [2.24, 2.45) is 0 Å². The molecule has 0 spiro atoms. The van der Waals surface area contributed by atoms with Gasteiger partial charge in [-0.05, 0) is 12.1 Å². The Hall–Kier alpha value is -1.65. The van der Waals surface area contributed by atoms with Crippen LogP contribution in [0.4, 0.5) is 8.78 Å². The fourth-order valence-corrected chi connectivity index (χ4v) is 1.35. The summed E-state index contributed by atoms with van der Waals surface area (Å²) in [4.78, 5) is 3.77. The van der Waals surface area contributed by atoms with Gasteiger partial charge in [0.05, 0.1) is 11.0 Å². The molecule has 14 heavy (non-hydrogen) atoms. The van der Waals surface area contributed by atoms with Gasteiger partial charge in [-0.15, -0.1) is 0 Å². The zero-order valence-electron chi connectivity index (χ0n) is 7.54. The summed E-state index contributed by atoms with van der Waals surface area (Å²) in [5.41, 5.74) is 0.982. The Labute approximate surface area is 79.1 Å². The van der Waals surface area contributed by atoms with E-state index in [0.717, 1.165) is 11.6 Å². The lowest BCUT2D eigenvalue weighted by molar-refractivity contribution is 0.00611. The van der Waals surface area contributed by atoms with Crippen molar-refractivity contribution >= 4 is 11.0 Å². The van der Waals surface area contributed by atoms with E-state index in [1.54, 1.807) is 24.3 Å². The highest BCUT2D eigenvalue weighted by molar-refractivity contribution is 5.76. The van der Waals surface area contributed by atoms with Gasteiger partial charge in [0.25, 0.3) is 0 Å². The second-order valence-electron chi connectivity index (χ2n) is 3.18. The van der Waals surface area contributed by atoms with Gasteiger partial charge >= 0.3 is 5.92 Å². The molecule has 74 valence electrons. The van der Waals surface area contributed by atoms with E-state index in [0.29, 0.717) is 11.0 Å². The molecule has 0 aliphatic heterocycles. The lowest BCUT2D eigenvalue weighted by Crippen LogP contribution is -2.21. The lowest BCUT2D eigenvalue weighted by atomic mass is 10.3. The highest BCUT2D eigenvalue weighted by atomic mass is 19.3. The number of nitrogens with two attached hydrogens (primary N) is 1. The summed E-state index contributed by atoms with van der Waals surface area (Å²) in [7, 11) is 0. The summed E-state index contributed by atoms with van der Waals surface area (Å²) >= 11 is 0. The molecule has 1 aromatic heterocycles. The standard InChI is InChI=1S/C9H9F2N3/c1-9(10,11)8-13-6-4-2-3-5-7(6)14(8)12/h2-5H,12H2,1H3. The van der Waals surface area contributed by atoms with Crippen LogP contribution in [-0.4, -0.2) is 9.66 Å². The molecule has 0 saturated carbocycles. The van der Waals surface area contributed by atoms with Crippen LogP contribution < -0.4 is 5.84 Å².